The third kappa shape index (κ3) is 2.52. The summed E-state index contributed by atoms with van der Waals surface area (Å²) in [6.45, 7) is 2.83. The zero-order valence-corrected chi connectivity index (χ0v) is 11.9. The number of amides is 1. The van der Waals surface area contributed by atoms with E-state index in [1.807, 2.05) is 6.92 Å². The summed E-state index contributed by atoms with van der Waals surface area (Å²) < 4.78 is 0.729. The Morgan fingerprint density at radius 2 is 2.22 bits per heavy atom. The lowest BCUT2D eigenvalue weighted by molar-refractivity contribution is -0.0860. The van der Waals surface area contributed by atoms with E-state index < -0.39 is 5.60 Å². The molecule has 0 atom stereocenters. The van der Waals surface area contributed by atoms with Gasteiger partial charge < -0.3 is 15.7 Å². The van der Waals surface area contributed by atoms with Crippen molar-refractivity contribution in [3.63, 3.8) is 0 Å². The number of carbonyl (C=O) groups is 1. The van der Waals surface area contributed by atoms with Gasteiger partial charge in [-0.3, -0.25) is 4.79 Å². The van der Waals surface area contributed by atoms with Crippen molar-refractivity contribution in [2.75, 3.05) is 18.8 Å². The second-order valence-corrected chi connectivity index (χ2v) is 5.73. The van der Waals surface area contributed by atoms with Gasteiger partial charge in [0.2, 0.25) is 0 Å². The minimum absolute atomic E-state index is 0.0880. The summed E-state index contributed by atoms with van der Waals surface area (Å²) in [5.41, 5.74) is 6.10. The van der Waals surface area contributed by atoms with Gasteiger partial charge in [0, 0.05) is 10.2 Å². The van der Waals surface area contributed by atoms with E-state index in [2.05, 4.69) is 15.9 Å². The third-order valence-electron chi connectivity index (χ3n) is 3.19. The highest BCUT2D eigenvalue weighted by Crippen LogP contribution is 2.29. The van der Waals surface area contributed by atoms with Gasteiger partial charge in [0.25, 0.3) is 5.91 Å². The van der Waals surface area contributed by atoms with Crippen LogP contribution in [0.1, 0.15) is 30.1 Å². The van der Waals surface area contributed by atoms with Crippen molar-refractivity contribution in [3.8, 4) is 0 Å². The molecule has 1 fully saturated rings. The quantitative estimate of drug-likeness (QED) is 0.839. The molecular formula is C13H17BrN2O2. The van der Waals surface area contributed by atoms with Gasteiger partial charge in [-0.05, 0) is 40.5 Å². The first-order chi connectivity index (χ1) is 8.45. The molecule has 1 aliphatic rings. The van der Waals surface area contributed by atoms with Gasteiger partial charge in [-0.15, -0.1) is 0 Å². The molecule has 1 aromatic carbocycles. The highest BCUT2D eigenvalue weighted by molar-refractivity contribution is 9.10. The van der Waals surface area contributed by atoms with Crippen LogP contribution in [0, 0.1) is 0 Å². The second-order valence-electron chi connectivity index (χ2n) is 4.87. The Morgan fingerprint density at radius 1 is 1.56 bits per heavy atom. The Labute approximate surface area is 115 Å². The molecule has 3 N–H and O–H groups in total. The third-order valence-corrected chi connectivity index (χ3v) is 3.89. The van der Waals surface area contributed by atoms with Crippen LogP contribution in [0.4, 0.5) is 5.69 Å². The number of benzene rings is 1. The Balaban J connectivity index is 2.08. The molecule has 2 rings (SSSR count). The van der Waals surface area contributed by atoms with Gasteiger partial charge in [0.15, 0.2) is 0 Å². The summed E-state index contributed by atoms with van der Waals surface area (Å²) in [7, 11) is 0. The fourth-order valence-electron chi connectivity index (χ4n) is 2.31. The lowest BCUT2D eigenvalue weighted by Crippen LogP contribution is -2.63. The Morgan fingerprint density at radius 3 is 2.83 bits per heavy atom. The number of aliphatic hydroxyl groups is 1. The van der Waals surface area contributed by atoms with E-state index in [4.69, 9.17) is 5.73 Å². The van der Waals surface area contributed by atoms with Crippen LogP contribution in [0.15, 0.2) is 22.7 Å². The summed E-state index contributed by atoms with van der Waals surface area (Å²) in [6, 6.07) is 5.16. The zero-order chi connectivity index (χ0) is 13.3. The second kappa shape index (κ2) is 4.90. The smallest absolute Gasteiger partial charge is 0.255 e. The number of hydrogen-bond donors (Lipinski definition) is 2. The first kappa shape index (κ1) is 13.4. The molecule has 1 aromatic rings. The van der Waals surface area contributed by atoms with E-state index in [9.17, 15) is 9.90 Å². The summed E-state index contributed by atoms with van der Waals surface area (Å²) in [5, 5.41) is 10.1. The number of halogens is 1. The van der Waals surface area contributed by atoms with Gasteiger partial charge in [-0.25, -0.2) is 0 Å². The molecule has 0 bridgehead atoms. The molecule has 1 aliphatic heterocycles. The molecule has 1 amide bonds. The molecule has 0 saturated carbocycles. The summed E-state index contributed by atoms with van der Waals surface area (Å²) in [5.74, 6) is -0.0880. The highest BCUT2D eigenvalue weighted by atomic mass is 79.9. The SMILES string of the molecule is CCCC1(O)CN(C(=O)c2cc(N)ccc2Br)C1. The van der Waals surface area contributed by atoms with Crippen molar-refractivity contribution in [1.29, 1.82) is 0 Å². The minimum Gasteiger partial charge on any atom is -0.399 e. The standard InChI is InChI=1S/C13H17BrN2O2/c1-2-5-13(18)7-16(8-13)12(17)10-6-9(15)3-4-11(10)14/h3-4,6,18H,2,5,7-8,15H2,1H3. The number of carbonyl (C=O) groups excluding carboxylic acids is 1. The molecule has 1 heterocycles. The van der Waals surface area contributed by atoms with Crippen LogP contribution in [0.3, 0.4) is 0 Å². The molecule has 5 heteroatoms. The maximum atomic E-state index is 12.2. The number of likely N-dealkylation sites (tertiary alicyclic amines) is 1. The highest BCUT2D eigenvalue weighted by Gasteiger charge is 2.43. The minimum atomic E-state index is -0.697. The molecule has 0 aromatic heterocycles. The van der Waals surface area contributed by atoms with Gasteiger partial charge in [-0.1, -0.05) is 13.3 Å². The van der Waals surface area contributed by atoms with E-state index in [0.717, 1.165) is 17.3 Å². The van der Waals surface area contributed by atoms with Crippen molar-refractivity contribution >= 4 is 27.5 Å². The molecule has 1 saturated heterocycles. The molecular weight excluding hydrogens is 296 g/mol. The first-order valence-corrected chi connectivity index (χ1v) is 6.81. The van der Waals surface area contributed by atoms with Gasteiger partial charge in [-0.2, -0.15) is 0 Å². The lowest BCUT2D eigenvalue weighted by atomic mass is 9.89. The van der Waals surface area contributed by atoms with E-state index in [0.29, 0.717) is 24.3 Å². The van der Waals surface area contributed by atoms with Crippen LogP contribution in [0.25, 0.3) is 0 Å². The number of nitrogens with two attached hydrogens (primary N) is 1. The Hall–Kier alpha value is -1.07. The van der Waals surface area contributed by atoms with Crippen LogP contribution in [0.5, 0.6) is 0 Å². The van der Waals surface area contributed by atoms with Gasteiger partial charge >= 0.3 is 0 Å². The zero-order valence-electron chi connectivity index (χ0n) is 10.3. The summed E-state index contributed by atoms with van der Waals surface area (Å²) in [4.78, 5) is 13.9. The molecule has 0 radical (unpaired) electrons. The largest absolute Gasteiger partial charge is 0.399 e. The fraction of sp³-hybridized carbons (Fsp3) is 0.462. The number of rotatable bonds is 3. The number of β-amino-alcohol motifs (C(OH)–C–C–N with tert-alkyl or cyclic N) is 1. The average Bonchev–Trinajstić information content (AvgIpc) is 2.28. The van der Waals surface area contributed by atoms with E-state index in [1.165, 1.54) is 0 Å². The molecule has 0 unspecified atom stereocenters. The van der Waals surface area contributed by atoms with E-state index >= 15 is 0 Å². The van der Waals surface area contributed by atoms with Crippen LogP contribution in [-0.2, 0) is 0 Å². The van der Waals surface area contributed by atoms with Crippen molar-refractivity contribution in [1.82, 2.24) is 4.90 Å². The van der Waals surface area contributed by atoms with Gasteiger partial charge in [0.05, 0.1) is 24.3 Å². The molecule has 18 heavy (non-hydrogen) atoms. The summed E-state index contributed by atoms with van der Waals surface area (Å²) in [6.07, 6.45) is 1.65. The summed E-state index contributed by atoms with van der Waals surface area (Å²) >= 11 is 3.35. The fourth-order valence-corrected chi connectivity index (χ4v) is 2.72. The maximum Gasteiger partial charge on any atom is 0.255 e. The monoisotopic (exact) mass is 312 g/mol. The van der Waals surface area contributed by atoms with Crippen molar-refractivity contribution in [2.24, 2.45) is 0 Å². The average molecular weight is 313 g/mol. The van der Waals surface area contributed by atoms with E-state index in [1.54, 1.807) is 23.1 Å². The Kier molecular flexibility index (Phi) is 3.64. The van der Waals surface area contributed by atoms with Crippen molar-refractivity contribution in [2.45, 2.75) is 25.4 Å². The van der Waals surface area contributed by atoms with Crippen LogP contribution >= 0.6 is 15.9 Å². The van der Waals surface area contributed by atoms with E-state index in [-0.39, 0.29) is 5.91 Å². The predicted octanol–water partition coefficient (Wildman–Crippen LogP) is 2.02. The molecule has 4 nitrogen and oxygen atoms in total. The van der Waals surface area contributed by atoms with Crippen molar-refractivity contribution < 1.29 is 9.90 Å². The van der Waals surface area contributed by atoms with Crippen molar-refractivity contribution in [3.05, 3.63) is 28.2 Å². The normalized spacial score (nSPS) is 17.4. The van der Waals surface area contributed by atoms with Crippen LogP contribution < -0.4 is 5.73 Å². The topological polar surface area (TPSA) is 66.6 Å². The number of nitrogen functional groups attached to an aromatic ring is 1. The number of anilines is 1. The van der Waals surface area contributed by atoms with Gasteiger partial charge in [0.1, 0.15) is 0 Å². The maximum absolute atomic E-state index is 12.2. The predicted molar refractivity (Wildman–Crippen MR) is 74.3 cm³/mol. The lowest BCUT2D eigenvalue weighted by Gasteiger charge is -2.46. The van der Waals surface area contributed by atoms with Crippen LogP contribution in [-0.4, -0.2) is 34.6 Å². The number of hydrogen-bond acceptors (Lipinski definition) is 3. The van der Waals surface area contributed by atoms with Crippen LogP contribution in [0.2, 0.25) is 0 Å². The molecule has 0 aliphatic carbocycles. The number of nitrogens with zero attached hydrogens (tertiary/aromatic N) is 1. The molecule has 0 spiro atoms. The molecule has 98 valence electrons. The first-order valence-electron chi connectivity index (χ1n) is 6.02. The Bertz CT molecular complexity index is 470.